The maximum atomic E-state index is 11.2. The van der Waals surface area contributed by atoms with Crippen LogP contribution in [0, 0.1) is 0 Å². The van der Waals surface area contributed by atoms with Crippen molar-refractivity contribution in [3.8, 4) is 11.5 Å². The Morgan fingerprint density at radius 1 is 0.714 bits per heavy atom. The third-order valence-electron chi connectivity index (χ3n) is 8.31. The van der Waals surface area contributed by atoms with Crippen LogP contribution in [0.15, 0.2) is 82.6 Å². The Kier molecular flexibility index (Phi) is 7.48. The standard InChI is InChI=1S/C30H32N2O8P2/c1-7-31-23-11-9-17(39-41(35)36)13-21(23)29(3,4)25(31)15-19-27(33)20(28(19)34)16-26-30(5,6)22-14-18(40-42(37)38)10-12-24(22)32(26)8-2/h9-16H,7-8H2,1-6H3,(H2-2,33,34,35,36,37,38)/p+2. The van der Waals surface area contributed by atoms with Gasteiger partial charge in [-0.2, -0.15) is 0 Å². The van der Waals surface area contributed by atoms with Crippen LogP contribution in [-0.2, 0) is 20.0 Å². The van der Waals surface area contributed by atoms with Gasteiger partial charge in [0.2, 0.25) is 0 Å². The first kappa shape index (κ1) is 29.8. The van der Waals surface area contributed by atoms with Gasteiger partial charge in [-0.05, 0) is 73.5 Å². The zero-order valence-corrected chi connectivity index (χ0v) is 26.0. The molecule has 0 saturated carbocycles. The summed E-state index contributed by atoms with van der Waals surface area (Å²) in [6, 6.07) is 10.5. The maximum Gasteiger partial charge on any atom is 0.747 e. The van der Waals surface area contributed by atoms with Crippen LogP contribution in [0.5, 0.6) is 11.5 Å². The molecule has 0 aromatic heterocycles. The number of likely N-dealkylation sites (N-methyl/N-ethyl adjacent to an activating group) is 2. The number of allylic oxidation sites excluding steroid dienone is 4. The Bertz CT molecular complexity index is 1520. The van der Waals surface area contributed by atoms with Gasteiger partial charge in [0, 0.05) is 55.8 Å². The molecule has 220 valence electrons. The molecule has 2 atom stereocenters. The van der Waals surface area contributed by atoms with Gasteiger partial charge in [-0.1, -0.05) is 27.7 Å². The van der Waals surface area contributed by atoms with Crippen molar-refractivity contribution >= 4 is 27.9 Å². The molecule has 10 nitrogen and oxygen atoms in total. The lowest BCUT2D eigenvalue weighted by atomic mass is 9.80. The van der Waals surface area contributed by atoms with Gasteiger partial charge in [-0.25, -0.2) is 9.05 Å². The van der Waals surface area contributed by atoms with Crippen LogP contribution in [0.4, 0.5) is 11.4 Å². The highest BCUT2D eigenvalue weighted by molar-refractivity contribution is 7.32. The zero-order valence-electron chi connectivity index (χ0n) is 24.2. The van der Waals surface area contributed by atoms with E-state index in [0.29, 0.717) is 24.2 Å². The highest BCUT2D eigenvalue weighted by atomic mass is 31.1. The quantitative estimate of drug-likeness (QED) is 0.229. The molecule has 42 heavy (non-hydrogen) atoms. The summed E-state index contributed by atoms with van der Waals surface area (Å²) in [6.45, 7) is 13.3. The monoisotopic (exact) mass is 612 g/mol. The number of aliphatic hydroxyl groups is 2. The molecule has 2 unspecified atom stereocenters. The molecule has 0 saturated heterocycles. The predicted octanol–water partition coefficient (Wildman–Crippen LogP) is 7.08. The molecule has 2 heterocycles. The van der Waals surface area contributed by atoms with Crippen LogP contribution < -0.4 is 18.8 Å². The minimum Gasteiger partial charge on any atom is -0.506 e. The van der Waals surface area contributed by atoms with Crippen molar-refractivity contribution < 1.29 is 38.2 Å². The van der Waals surface area contributed by atoms with Crippen LogP contribution in [-0.4, -0.2) is 33.1 Å². The Hall–Kier alpha value is -3.68. The number of benzene rings is 2. The molecule has 0 radical (unpaired) electrons. The first-order valence-corrected chi connectivity index (χ1v) is 15.8. The van der Waals surface area contributed by atoms with E-state index >= 15 is 0 Å². The summed E-state index contributed by atoms with van der Waals surface area (Å²) >= 11 is 0. The lowest BCUT2D eigenvalue weighted by Crippen LogP contribution is -2.28. The molecule has 0 bridgehead atoms. The summed E-state index contributed by atoms with van der Waals surface area (Å²) in [5.41, 5.74) is 4.86. The van der Waals surface area contributed by atoms with E-state index in [9.17, 15) is 29.1 Å². The third-order valence-corrected chi connectivity index (χ3v) is 9.04. The molecule has 0 spiro atoms. The molecule has 2 aromatic rings. The second kappa shape index (κ2) is 10.5. The molecular weight excluding hydrogens is 578 g/mol. The molecule has 0 fully saturated rings. The van der Waals surface area contributed by atoms with Gasteiger partial charge in [0.15, 0.2) is 11.5 Å². The van der Waals surface area contributed by atoms with Crippen molar-refractivity contribution in [3.63, 3.8) is 0 Å². The second-order valence-corrected chi connectivity index (χ2v) is 12.7. The average Bonchev–Trinajstić information content (AvgIpc) is 3.26. The third kappa shape index (κ3) is 4.69. The smallest absolute Gasteiger partial charge is 0.506 e. The van der Waals surface area contributed by atoms with Crippen LogP contribution >= 0.6 is 16.5 Å². The van der Waals surface area contributed by atoms with Gasteiger partial charge in [-0.15, -0.1) is 9.79 Å². The molecule has 4 N–H and O–H groups in total. The molecule has 1 aliphatic carbocycles. The lowest BCUT2D eigenvalue weighted by molar-refractivity contribution is 0.354. The Morgan fingerprint density at radius 2 is 1.07 bits per heavy atom. The van der Waals surface area contributed by atoms with Crippen molar-refractivity contribution in [1.29, 1.82) is 0 Å². The van der Waals surface area contributed by atoms with Gasteiger partial charge in [0.25, 0.3) is 0 Å². The molecule has 5 rings (SSSR count). The number of anilines is 2. The highest BCUT2D eigenvalue weighted by Gasteiger charge is 2.44. The van der Waals surface area contributed by atoms with E-state index in [1.54, 1.807) is 36.4 Å². The molecular formula is C30H34N2O8P2+2. The number of aliphatic hydroxyl groups excluding tert-OH is 2. The van der Waals surface area contributed by atoms with E-state index in [0.717, 1.165) is 33.9 Å². The fourth-order valence-electron chi connectivity index (χ4n) is 6.20. The van der Waals surface area contributed by atoms with Crippen LogP contribution in [0.2, 0.25) is 0 Å². The van der Waals surface area contributed by atoms with Gasteiger partial charge in [-0.3, -0.25) is 0 Å². The van der Waals surface area contributed by atoms with Crippen molar-refractivity contribution in [2.45, 2.75) is 52.4 Å². The summed E-state index contributed by atoms with van der Waals surface area (Å²) in [4.78, 5) is 22.6. The summed E-state index contributed by atoms with van der Waals surface area (Å²) < 4.78 is 32.5. The molecule has 2 aromatic carbocycles. The topological polar surface area (TPSA) is 140 Å². The lowest BCUT2D eigenvalue weighted by Gasteiger charge is -2.30. The SMILES string of the molecule is CCN1C(=CC2=C(O)C(C=C3N(CC)c4ccc(O[P+](=O)O)cc4C3(C)C)=C2O)C(C)(C)c2cc(O[P+](=O)O)ccc21. The van der Waals surface area contributed by atoms with Crippen molar-refractivity contribution in [2.24, 2.45) is 0 Å². The van der Waals surface area contributed by atoms with E-state index in [4.69, 9.17) is 9.05 Å². The van der Waals surface area contributed by atoms with Gasteiger partial charge in [0.05, 0.1) is 11.1 Å². The first-order chi connectivity index (χ1) is 19.7. The van der Waals surface area contributed by atoms with E-state index in [2.05, 4.69) is 9.80 Å². The van der Waals surface area contributed by atoms with Crippen LogP contribution in [0.3, 0.4) is 0 Å². The largest absolute Gasteiger partial charge is 0.747 e. The minimum absolute atomic E-state index is 0.0271. The summed E-state index contributed by atoms with van der Waals surface area (Å²) in [5.74, 6) is 0.519. The normalized spacial score (nSPS) is 21.0. The van der Waals surface area contributed by atoms with Crippen LogP contribution in [0.25, 0.3) is 0 Å². The van der Waals surface area contributed by atoms with Gasteiger partial charge in [0.1, 0.15) is 11.5 Å². The predicted molar refractivity (Wildman–Crippen MR) is 161 cm³/mol. The van der Waals surface area contributed by atoms with Crippen molar-refractivity contribution in [2.75, 3.05) is 22.9 Å². The first-order valence-electron chi connectivity index (χ1n) is 13.6. The Balaban J connectivity index is 1.51. The highest BCUT2D eigenvalue weighted by Crippen LogP contribution is 2.53. The zero-order chi connectivity index (χ0) is 30.7. The second-order valence-electron chi connectivity index (χ2n) is 11.3. The fourth-order valence-corrected chi connectivity index (χ4v) is 6.79. The number of hydrogen-bond donors (Lipinski definition) is 4. The van der Waals surface area contributed by atoms with E-state index in [1.807, 2.05) is 53.7 Å². The average molecular weight is 613 g/mol. The number of rotatable bonds is 8. The number of nitrogens with zero attached hydrogens (tertiary/aromatic N) is 2. The summed E-state index contributed by atoms with van der Waals surface area (Å²) in [7, 11) is -5.60. The van der Waals surface area contributed by atoms with Gasteiger partial charge < -0.3 is 20.0 Å². The molecule has 3 aliphatic rings. The molecule has 2 aliphatic heterocycles. The number of fused-ring (bicyclic) bond motifs is 2. The van der Waals surface area contributed by atoms with E-state index in [1.165, 1.54) is 0 Å². The fraction of sp³-hybridized carbons (Fsp3) is 0.333. The van der Waals surface area contributed by atoms with E-state index in [-0.39, 0.29) is 23.0 Å². The van der Waals surface area contributed by atoms with E-state index < -0.39 is 27.3 Å². The Morgan fingerprint density at radius 3 is 1.38 bits per heavy atom. The number of hydrogen-bond acceptors (Lipinski definition) is 8. The van der Waals surface area contributed by atoms with Gasteiger partial charge >= 0.3 is 16.5 Å². The summed E-state index contributed by atoms with van der Waals surface area (Å²) in [6.07, 6.45) is 3.57. The molecule has 0 amide bonds. The van der Waals surface area contributed by atoms with Crippen LogP contribution in [0.1, 0.15) is 52.7 Å². The summed E-state index contributed by atoms with van der Waals surface area (Å²) in [5, 5.41) is 22.4. The van der Waals surface area contributed by atoms with Crippen molar-refractivity contribution in [3.05, 3.63) is 93.7 Å². The minimum atomic E-state index is -2.80. The Labute approximate surface area is 246 Å². The van der Waals surface area contributed by atoms with Crippen molar-refractivity contribution in [1.82, 2.24) is 0 Å². The molecule has 12 heteroatoms. The maximum absolute atomic E-state index is 11.2.